The Hall–Kier alpha value is -0.730. The van der Waals surface area contributed by atoms with E-state index in [1.54, 1.807) is 0 Å². The number of carbonyl (C=O) groups excluding carboxylic acids is 1. The molecule has 1 rings (SSSR count). The van der Waals surface area contributed by atoms with Gasteiger partial charge in [0.15, 0.2) is 0 Å². The van der Waals surface area contributed by atoms with Crippen LogP contribution in [-0.4, -0.2) is 18.7 Å². The molecular weight excluding hydrogens is 166 g/mol. The molecule has 1 saturated carbocycles. The van der Waals surface area contributed by atoms with E-state index in [1.807, 2.05) is 0 Å². The van der Waals surface area contributed by atoms with Gasteiger partial charge in [0.2, 0.25) is 0 Å². The van der Waals surface area contributed by atoms with Crippen molar-refractivity contribution in [3.8, 4) is 0 Å². The van der Waals surface area contributed by atoms with Gasteiger partial charge in [0.25, 0.3) is 0 Å². The normalized spacial score (nSPS) is 17.8. The lowest BCUT2D eigenvalue weighted by molar-refractivity contribution is 0.0509. The molecule has 0 aromatic rings. The molecule has 0 heterocycles. The van der Waals surface area contributed by atoms with Crippen LogP contribution in [-0.2, 0) is 4.74 Å². The Balaban J connectivity index is 2.10. The third-order valence-corrected chi connectivity index (χ3v) is 2.09. The molecule has 1 amide bonds. The maximum absolute atomic E-state index is 11.2. The first-order valence-corrected chi connectivity index (χ1v) is 4.92. The third kappa shape index (κ3) is 4.15. The van der Waals surface area contributed by atoms with Gasteiger partial charge in [-0.05, 0) is 24.7 Å². The summed E-state index contributed by atoms with van der Waals surface area (Å²) < 4.78 is 5.13. The molecule has 0 atom stereocenters. The molecule has 3 heteroatoms. The van der Waals surface area contributed by atoms with E-state index in [0.29, 0.717) is 6.54 Å². The lowest BCUT2D eigenvalue weighted by Gasteiger charge is -2.26. The van der Waals surface area contributed by atoms with Crippen LogP contribution in [0, 0.1) is 5.41 Å². The molecule has 0 radical (unpaired) electrons. The van der Waals surface area contributed by atoms with Gasteiger partial charge < -0.3 is 10.1 Å². The fourth-order valence-corrected chi connectivity index (χ4v) is 1.02. The molecule has 76 valence electrons. The first-order chi connectivity index (χ1) is 5.97. The van der Waals surface area contributed by atoms with Gasteiger partial charge in [-0.15, -0.1) is 0 Å². The van der Waals surface area contributed by atoms with Crippen molar-refractivity contribution in [1.29, 1.82) is 0 Å². The summed E-state index contributed by atoms with van der Waals surface area (Å²) in [4.78, 5) is 11.2. The summed E-state index contributed by atoms with van der Waals surface area (Å²) in [6, 6.07) is 0. The van der Waals surface area contributed by atoms with Gasteiger partial charge >= 0.3 is 6.09 Å². The van der Waals surface area contributed by atoms with Crippen molar-refractivity contribution in [3.63, 3.8) is 0 Å². The number of ether oxygens (including phenoxy) is 1. The molecule has 0 spiro atoms. The first kappa shape index (κ1) is 10.4. The van der Waals surface area contributed by atoms with Gasteiger partial charge in [-0.3, -0.25) is 0 Å². The van der Waals surface area contributed by atoms with Gasteiger partial charge in [0, 0.05) is 6.54 Å². The largest absolute Gasteiger partial charge is 0.446 e. The first-order valence-electron chi connectivity index (χ1n) is 4.92. The highest BCUT2D eigenvalue weighted by molar-refractivity contribution is 5.67. The van der Waals surface area contributed by atoms with Crippen molar-refractivity contribution < 1.29 is 9.53 Å². The van der Waals surface area contributed by atoms with Crippen molar-refractivity contribution >= 4 is 6.09 Å². The van der Waals surface area contributed by atoms with Gasteiger partial charge in [-0.1, -0.05) is 20.8 Å². The Morgan fingerprint density at radius 3 is 2.46 bits per heavy atom. The van der Waals surface area contributed by atoms with Crippen LogP contribution in [0.5, 0.6) is 0 Å². The quantitative estimate of drug-likeness (QED) is 0.717. The Morgan fingerprint density at radius 1 is 1.46 bits per heavy atom. The number of amides is 1. The van der Waals surface area contributed by atoms with E-state index in [4.69, 9.17) is 4.74 Å². The van der Waals surface area contributed by atoms with Gasteiger partial charge in [0.05, 0.1) is 0 Å². The van der Waals surface area contributed by atoms with Crippen LogP contribution in [0.2, 0.25) is 0 Å². The molecule has 0 unspecified atom stereocenters. The molecule has 0 saturated heterocycles. The van der Waals surface area contributed by atoms with E-state index in [0.717, 1.165) is 12.8 Å². The van der Waals surface area contributed by atoms with Crippen LogP contribution in [0.3, 0.4) is 0 Å². The zero-order valence-corrected chi connectivity index (χ0v) is 8.72. The summed E-state index contributed by atoms with van der Waals surface area (Å²) in [6.07, 6.45) is 3.17. The minimum Gasteiger partial charge on any atom is -0.446 e. The molecule has 0 aliphatic heterocycles. The molecule has 1 fully saturated rings. The van der Waals surface area contributed by atoms with Crippen molar-refractivity contribution in [2.75, 3.05) is 6.54 Å². The summed E-state index contributed by atoms with van der Waals surface area (Å²) in [5.41, 5.74) is 0.124. The Labute approximate surface area is 79.8 Å². The highest BCUT2D eigenvalue weighted by atomic mass is 16.6. The average molecular weight is 185 g/mol. The van der Waals surface area contributed by atoms with Crippen LogP contribution in [0.15, 0.2) is 0 Å². The molecule has 13 heavy (non-hydrogen) atoms. The predicted molar refractivity (Wildman–Crippen MR) is 51.6 cm³/mol. The second-order valence-electron chi connectivity index (χ2n) is 4.87. The lowest BCUT2D eigenvalue weighted by Crippen LogP contribution is -2.36. The molecule has 3 nitrogen and oxygen atoms in total. The Morgan fingerprint density at radius 2 is 2.08 bits per heavy atom. The van der Waals surface area contributed by atoms with Gasteiger partial charge in [-0.25, -0.2) is 4.79 Å². The summed E-state index contributed by atoms with van der Waals surface area (Å²) in [5.74, 6) is 0. The number of nitrogens with one attached hydrogen (secondary N) is 1. The number of alkyl carbamates (subject to hydrolysis) is 1. The third-order valence-electron chi connectivity index (χ3n) is 2.09. The zero-order chi connectivity index (χ0) is 9.90. The monoisotopic (exact) mass is 185 g/mol. The topological polar surface area (TPSA) is 38.3 Å². The SMILES string of the molecule is CC(C)(C)CNC(=O)OC1CCC1. The summed E-state index contributed by atoms with van der Waals surface area (Å²) in [5, 5.41) is 2.76. The van der Waals surface area contributed by atoms with Crippen LogP contribution in [0.1, 0.15) is 40.0 Å². The van der Waals surface area contributed by atoms with E-state index >= 15 is 0 Å². The Kier molecular flexibility index (Phi) is 3.17. The molecular formula is C10H19NO2. The van der Waals surface area contributed by atoms with Crippen LogP contribution in [0.4, 0.5) is 4.79 Å². The number of carbonyl (C=O) groups is 1. The molecule has 0 aromatic carbocycles. The zero-order valence-electron chi connectivity index (χ0n) is 8.72. The van der Waals surface area contributed by atoms with Crippen molar-refractivity contribution in [2.24, 2.45) is 5.41 Å². The minimum absolute atomic E-state index is 0.124. The van der Waals surface area contributed by atoms with Crippen molar-refractivity contribution in [3.05, 3.63) is 0 Å². The Bertz CT molecular complexity index is 180. The van der Waals surface area contributed by atoms with Crippen molar-refractivity contribution in [2.45, 2.75) is 46.1 Å². The molecule has 0 bridgehead atoms. The van der Waals surface area contributed by atoms with E-state index in [-0.39, 0.29) is 17.6 Å². The molecule has 1 aliphatic rings. The second-order valence-corrected chi connectivity index (χ2v) is 4.87. The number of hydrogen-bond acceptors (Lipinski definition) is 2. The number of rotatable bonds is 2. The summed E-state index contributed by atoms with van der Waals surface area (Å²) in [7, 11) is 0. The predicted octanol–water partition coefficient (Wildman–Crippen LogP) is 2.31. The minimum atomic E-state index is -0.264. The smallest absolute Gasteiger partial charge is 0.407 e. The number of hydrogen-bond donors (Lipinski definition) is 1. The summed E-state index contributed by atoms with van der Waals surface area (Å²) >= 11 is 0. The summed E-state index contributed by atoms with van der Waals surface area (Å²) in [6.45, 7) is 6.91. The second kappa shape index (κ2) is 3.99. The van der Waals surface area contributed by atoms with E-state index in [9.17, 15) is 4.79 Å². The van der Waals surface area contributed by atoms with E-state index in [1.165, 1.54) is 6.42 Å². The standard InChI is InChI=1S/C10H19NO2/c1-10(2,3)7-11-9(12)13-8-5-4-6-8/h8H,4-7H2,1-3H3,(H,11,12). The fourth-order valence-electron chi connectivity index (χ4n) is 1.02. The van der Waals surface area contributed by atoms with Crippen LogP contribution >= 0.6 is 0 Å². The fraction of sp³-hybridized carbons (Fsp3) is 0.900. The van der Waals surface area contributed by atoms with Gasteiger partial charge in [0.1, 0.15) is 6.10 Å². The molecule has 0 aromatic heterocycles. The van der Waals surface area contributed by atoms with E-state index < -0.39 is 0 Å². The highest BCUT2D eigenvalue weighted by Gasteiger charge is 2.22. The maximum Gasteiger partial charge on any atom is 0.407 e. The van der Waals surface area contributed by atoms with Crippen LogP contribution in [0.25, 0.3) is 0 Å². The molecule has 1 aliphatic carbocycles. The van der Waals surface area contributed by atoms with Crippen LogP contribution < -0.4 is 5.32 Å². The average Bonchev–Trinajstić information content (AvgIpc) is 1.91. The lowest BCUT2D eigenvalue weighted by atomic mass is 9.96. The molecule has 1 N–H and O–H groups in total. The van der Waals surface area contributed by atoms with Gasteiger partial charge in [-0.2, -0.15) is 0 Å². The van der Waals surface area contributed by atoms with E-state index in [2.05, 4.69) is 26.1 Å². The highest BCUT2D eigenvalue weighted by Crippen LogP contribution is 2.21. The van der Waals surface area contributed by atoms with Crippen molar-refractivity contribution in [1.82, 2.24) is 5.32 Å². The maximum atomic E-state index is 11.2.